The molecule has 1 aromatic rings. The number of benzene rings is 1. The van der Waals surface area contributed by atoms with E-state index in [9.17, 15) is 4.79 Å². The average molecular weight is 276 g/mol. The monoisotopic (exact) mass is 276 g/mol. The molecule has 3 N–H and O–H groups in total. The van der Waals surface area contributed by atoms with Crippen LogP contribution in [0.3, 0.4) is 0 Å². The number of carbonyl (C=O) groups is 1. The van der Waals surface area contributed by atoms with Gasteiger partial charge in [-0.25, -0.2) is 4.79 Å². The van der Waals surface area contributed by atoms with Gasteiger partial charge in [-0.15, -0.1) is 6.42 Å². The normalized spacial score (nSPS) is 11.2. The Morgan fingerprint density at radius 3 is 2.70 bits per heavy atom. The molecule has 5 nitrogen and oxygen atoms in total. The molecule has 0 fully saturated rings. The number of ether oxygens (including phenoxy) is 1. The Bertz CT molecular complexity index is 451. The van der Waals surface area contributed by atoms with Gasteiger partial charge in [0.1, 0.15) is 12.4 Å². The molecule has 0 aliphatic heterocycles. The van der Waals surface area contributed by atoms with Crippen LogP contribution in [0, 0.1) is 12.3 Å². The largest absolute Gasteiger partial charge is 0.481 e. The number of hydrogen-bond acceptors (Lipinski definition) is 3. The van der Waals surface area contributed by atoms with Gasteiger partial charge in [0.2, 0.25) is 0 Å². The maximum absolute atomic E-state index is 11.8. The van der Waals surface area contributed by atoms with Gasteiger partial charge < -0.3 is 20.5 Å². The van der Waals surface area contributed by atoms with Crippen molar-refractivity contribution in [2.75, 3.05) is 18.5 Å². The van der Waals surface area contributed by atoms with E-state index in [2.05, 4.69) is 16.6 Å². The Labute approximate surface area is 119 Å². The summed E-state index contributed by atoms with van der Waals surface area (Å²) >= 11 is 0. The van der Waals surface area contributed by atoms with Crippen LogP contribution < -0.4 is 15.4 Å². The number of urea groups is 1. The third-order valence-electron chi connectivity index (χ3n) is 2.74. The van der Waals surface area contributed by atoms with E-state index in [0.29, 0.717) is 17.9 Å². The van der Waals surface area contributed by atoms with Crippen molar-refractivity contribution >= 4 is 11.7 Å². The van der Waals surface area contributed by atoms with Crippen molar-refractivity contribution < 1.29 is 14.6 Å². The van der Waals surface area contributed by atoms with Gasteiger partial charge in [0.05, 0.1) is 0 Å². The maximum Gasteiger partial charge on any atom is 0.319 e. The standard InChI is InChI=1S/C15H20N2O3/c1-3-11-20-14-7-5-13(6-8-14)17-15(19)16-12(4-2)9-10-18/h1,5-8,12,18H,4,9-11H2,2H3,(H2,16,17,19). The minimum Gasteiger partial charge on any atom is -0.481 e. The summed E-state index contributed by atoms with van der Waals surface area (Å²) in [6, 6.07) is 6.62. The quantitative estimate of drug-likeness (QED) is 0.667. The average Bonchev–Trinajstić information content (AvgIpc) is 2.46. The molecule has 0 bridgehead atoms. The number of rotatable bonds is 7. The molecular weight excluding hydrogens is 256 g/mol. The van der Waals surface area contributed by atoms with Crippen LogP contribution in [-0.4, -0.2) is 30.4 Å². The molecular formula is C15H20N2O3. The van der Waals surface area contributed by atoms with Gasteiger partial charge >= 0.3 is 6.03 Å². The first-order chi connectivity index (χ1) is 9.69. The van der Waals surface area contributed by atoms with Crippen LogP contribution in [0.2, 0.25) is 0 Å². The lowest BCUT2D eigenvalue weighted by molar-refractivity contribution is 0.237. The van der Waals surface area contributed by atoms with Gasteiger partial charge in [0.25, 0.3) is 0 Å². The fourth-order valence-corrected chi connectivity index (χ4v) is 1.65. The van der Waals surface area contributed by atoms with E-state index < -0.39 is 0 Å². The number of aliphatic hydroxyl groups is 1. The molecule has 1 aromatic carbocycles. The number of amides is 2. The van der Waals surface area contributed by atoms with E-state index in [-0.39, 0.29) is 25.3 Å². The molecule has 1 atom stereocenters. The predicted molar refractivity (Wildman–Crippen MR) is 78.7 cm³/mol. The second-order valence-corrected chi connectivity index (χ2v) is 4.23. The highest BCUT2D eigenvalue weighted by Gasteiger charge is 2.09. The molecule has 1 rings (SSSR count). The maximum atomic E-state index is 11.8. The third kappa shape index (κ3) is 5.63. The van der Waals surface area contributed by atoms with Gasteiger partial charge in [0.15, 0.2) is 0 Å². The minimum absolute atomic E-state index is 0.0294. The van der Waals surface area contributed by atoms with Crippen LogP contribution in [0.5, 0.6) is 5.75 Å². The molecule has 0 spiro atoms. The molecule has 20 heavy (non-hydrogen) atoms. The molecule has 0 aromatic heterocycles. The van der Waals surface area contributed by atoms with Crippen molar-refractivity contribution in [3.05, 3.63) is 24.3 Å². The Morgan fingerprint density at radius 2 is 2.15 bits per heavy atom. The van der Waals surface area contributed by atoms with Crippen LogP contribution in [0.4, 0.5) is 10.5 Å². The fraction of sp³-hybridized carbons (Fsp3) is 0.400. The molecule has 0 aliphatic rings. The van der Waals surface area contributed by atoms with Crippen molar-refractivity contribution in [1.29, 1.82) is 0 Å². The Balaban J connectivity index is 2.47. The van der Waals surface area contributed by atoms with Crippen molar-refractivity contribution in [1.82, 2.24) is 5.32 Å². The van der Waals surface area contributed by atoms with Gasteiger partial charge in [-0.3, -0.25) is 0 Å². The number of aliphatic hydroxyl groups excluding tert-OH is 1. The summed E-state index contributed by atoms with van der Waals surface area (Å²) in [7, 11) is 0. The zero-order valence-electron chi connectivity index (χ0n) is 11.6. The van der Waals surface area contributed by atoms with E-state index in [0.717, 1.165) is 6.42 Å². The van der Waals surface area contributed by atoms with Gasteiger partial charge in [-0.2, -0.15) is 0 Å². The summed E-state index contributed by atoms with van der Waals surface area (Å²) in [4.78, 5) is 11.8. The van der Waals surface area contributed by atoms with E-state index in [4.69, 9.17) is 16.3 Å². The number of nitrogens with one attached hydrogen (secondary N) is 2. The summed E-state index contributed by atoms with van der Waals surface area (Å²) in [6.07, 6.45) is 6.41. The summed E-state index contributed by atoms with van der Waals surface area (Å²) in [6.45, 7) is 2.23. The number of carbonyl (C=O) groups excluding carboxylic acids is 1. The second kappa shape index (κ2) is 8.83. The summed E-state index contributed by atoms with van der Waals surface area (Å²) in [5.74, 6) is 3.03. The molecule has 0 radical (unpaired) electrons. The third-order valence-corrected chi connectivity index (χ3v) is 2.74. The molecule has 1 unspecified atom stereocenters. The lowest BCUT2D eigenvalue weighted by Crippen LogP contribution is -2.38. The zero-order valence-corrected chi connectivity index (χ0v) is 11.6. The Hall–Kier alpha value is -2.19. The number of terminal acetylenes is 1. The summed E-state index contributed by atoms with van der Waals surface area (Å²) < 4.78 is 5.24. The topological polar surface area (TPSA) is 70.6 Å². The smallest absolute Gasteiger partial charge is 0.319 e. The van der Waals surface area contributed by atoms with Gasteiger partial charge in [0, 0.05) is 18.3 Å². The molecule has 5 heteroatoms. The van der Waals surface area contributed by atoms with E-state index in [1.807, 2.05) is 6.92 Å². The highest BCUT2D eigenvalue weighted by molar-refractivity contribution is 5.89. The first-order valence-electron chi connectivity index (χ1n) is 6.54. The molecule has 108 valence electrons. The molecule has 0 saturated carbocycles. The van der Waals surface area contributed by atoms with Crippen LogP contribution >= 0.6 is 0 Å². The molecule has 2 amide bonds. The van der Waals surface area contributed by atoms with Gasteiger partial charge in [-0.05, 0) is 37.1 Å². The lowest BCUT2D eigenvalue weighted by Gasteiger charge is -2.16. The zero-order chi connectivity index (χ0) is 14.8. The Kier molecular flexibility index (Phi) is 7.01. The van der Waals surface area contributed by atoms with Gasteiger partial charge in [-0.1, -0.05) is 12.8 Å². The van der Waals surface area contributed by atoms with Crippen LogP contribution in [-0.2, 0) is 0 Å². The summed E-state index contributed by atoms with van der Waals surface area (Å²) in [5, 5.41) is 14.4. The number of hydrogen-bond donors (Lipinski definition) is 3. The van der Waals surface area contributed by atoms with Crippen LogP contribution in [0.1, 0.15) is 19.8 Å². The van der Waals surface area contributed by atoms with Crippen molar-refractivity contribution in [2.24, 2.45) is 0 Å². The van der Waals surface area contributed by atoms with Crippen LogP contribution in [0.25, 0.3) is 0 Å². The van der Waals surface area contributed by atoms with Crippen molar-refractivity contribution in [2.45, 2.75) is 25.8 Å². The second-order valence-electron chi connectivity index (χ2n) is 4.23. The minimum atomic E-state index is -0.289. The summed E-state index contributed by atoms with van der Waals surface area (Å²) in [5.41, 5.74) is 0.661. The van der Waals surface area contributed by atoms with Crippen LogP contribution in [0.15, 0.2) is 24.3 Å². The van der Waals surface area contributed by atoms with Crippen molar-refractivity contribution in [3.63, 3.8) is 0 Å². The highest BCUT2D eigenvalue weighted by atomic mass is 16.5. The molecule has 0 aliphatic carbocycles. The predicted octanol–water partition coefficient (Wildman–Crippen LogP) is 1.98. The number of anilines is 1. The van der Waals surface area contributed by atoms with E-state index in [1.54, 1.807) is 24.3 Å². The first kappa shape index (κ1) is 15.9. The van der Waals surface area contributed by atoms with E-state index in [1.165, 1.54) is 0 Å². The van der Waals surface area contributed by atoms with E-state index >= 15 is 0 Å². The fourth-order valence-electron chi connectivity index (χ4n) is 1.65. The SMILES string of the molecule is C#CCOc1ccc(NC(=O)NC(CC)CCO)cc1. The first-order valence-corrected chi connectivity index (χ1v) is 6.54. The molecule has 0 saturated heterocycles. The van der Waals surface area contributed by atoms with Crippen molar-refractivity contribution in [3.8, 4) is 18.1 Å². The highest BCUT2D eigenvalue weighted by Crippen LogP contribution is 2.15. The molecule has 0 heterocycles. The lowest BCUT2D eigenvalue weighted by atomic mass is 10.2. The Morgan fingerprint density at radius 1 is 1.45 bits per heavy atom.